The second kappa shape index (κ2) is 5.91. The lowest BCUT2D eigenvalue weighted by molar-refractivity contribution is 0.0717. The van der Waals surface area contributed by atoms with Crippen LogP contribution in [0.3, 0.4) is 0 Å². The van der Waals surface area contributed by atoms with E-state index >= 15 is 0 Å². The second-order valence-electron chi connectivity index (χ2n) is 6.51. The fourth-order valence-electron chi connectivity index (χ4n) is 2.68. The van der Waals surface area contributed by atoms with Gasteiger partial charge in [-0.05, 0) is 31.1 Å². The van der Waals surface area contributed by atoms with Crippen molar-refractivity contribution in [3.8, 4) is 0 Å². The van der Waals surface area contributed by atoms with Gasteiger partial charge in [0.15, 0.2) is 0 Å². The average Bonchev–Trinajstić information content (AvgIpc) is 2.57. The highest BCUT2D eigenvalue weighted by Crippen LogP contribution is 2.21. The molecular weight excluding hydrogens is 228 g/mol. The maximum absolute atomic E-state index is 12.0. The van der Waals surface area contributed by atoms with E-state index in [4.69, 9.17) is 0 Å². The summed E-state index contributed by atoms with van der Waals surface area (Å²) in [6.07, 6.45) is 0.665. The Balaban J connectivity index is 2.41. The van der Waals surface area contributed by atoms with Gasteiger partial charge in [-0.25, -0.2) is 4.79 Å². The molecule has 1 atom stereocenters. The number of amides is 2. The normalized spacial score (nSPS) is 24.4. The Bertz CT molecular complexity index is 280. The van der Waals surface area contributed by atoms with E-state index in [1.807, 2.05) is 0 Å². The third kappa shape index (κ3) is 4.16. The summed E-state index contributed by atoms with van der Waals surface area (Å²) in [7, 11) is 0. The first-order valence-electron chi connectivity index (χ1n) is 6.98. The van der Waals surface area contributed by atoms with E-state index in [1.165, 1.54) is 0 Å². The standard InChI is InChI=1S/C14H28N2O2/c1-10(2)12(11(3)4)8-15-13(17)16-7-6-14(5,18)9-16/h10-12,18H,6-9H2,1-5H3,(H,15,17)/t14-/m0/s1. The number of aliphatic hydroxyl groups is 1. The van der Waals surface area contributed by atoms with Gasteiger partial charge < -0.3 is 15.3 Å². The van der Waals surface area contributed by atoms with Gasteiger partial charge in [0.25, 0.3) is 0 Å². The van der Waals surface area contributed by atoms with Crippen LogP contribution >= 0.6 is 0 Å². The highest BCUT2D eigenvalue weighted by Gasteiger charge is 2.34. The molecule has 4 heteroatoms. The van der Waals surface area contributed by atoms with Crippen molar-refractivity contribution in [1.82, 2.24) is 10.2 Å². The largest absolute Gasteiger partial charge is 0.388 e. The minimum absolute atomic E-state index is 0.0425. The smallest absolute Gasteiger partial charge is 0.317 e. The van der Waals surface area contributed by atoms with Gasteiger partial charge in [0.2, 0.25) is 0 Å². The summed E-state index contributed by atoms with van der Waals surface area (Å²) < 4.78 is 0. The van der Waals surface area contributed by atoms with Crippen molar-refractivity contribution >= 4 is 6.03 Å². The maximum Gasteiger partial charge on any atom is 0.317 e. The lowest BCUT2D eigenvalue weighted by atomic mass is 9.85. The molecule has 0 bridgehead atoms. The zero-order valence-corrected chi connectivity index (χ0v) is 12.4. The van der Waals surface area contributed by atoms with Gasteiger partial charge >= 0.3 is 6.03 Å². The van der Waals surface area contributed by atoms with Gasteiger partial charge in [0.1, 0.15) is 0 Å². The van der Waals surface area contributed by atoms with Crippen molar-refractivity contribution in [2.45, 2.75) is 46.6 Å². The minimum atomic E-state index is -0.715. The van der Waals surface area contributed by atoms with Crippen LogP contribution in [0.25, 0.3) is 0 Å². The summed E-state index contributed by atoms with van der Waals surface area (Å²) in [4.78, 5) is 13.7. The van der Waals surface area contributed by atoms with E-state index in [9.17, 15) is 9.90 Å². The van der Waals surface area contributed by atoms with Gasteiger partial charge in [-0.2, -0.15) is 0 Å². The molecule has 0 aliphatic carbocycles. The monoisotopic (exact) mass is 256 g/mol. The molecule has 0 aromatic heterocycles. The Hall–Kier alpha value is -0.770. The summed E-state index contributed by atoms with van der Waals surface area (Å²) in [5.41, 5.74) is -0.715. The molecule has 2 amide bonds. The number of nitrogens with zero attached hydrogens (tertiary/aromatic N) is 1. The van der Waals surface area contributed by atoms with Crippen molar-refractivity contribution in [2.24, 2.45) is 17.8 Å². The molecule has 1 heterocycles. The lowest BCUT2D eigenvalue weighted by Crippen LogP contribution is -2.43. The van der Waals surface area contributed by atoms with Crippen LogP contribution in [0.2, 0.25) is 0 Å². The summed E-state index contributed by atoms with van der Waals surface area (Å²) in [6.45, 7) is 12.3. The number of likely N-dealkylation sites (tertiary alicyclic amines) is 1. The van der Waals surface area contributed by atoms with Gasteiger partial charge in [0, 0.05) is 13.1 Å². The first-order chi connectivity index (χ1) is 8.23. The zero-order chi connectivity index (χ0) is 13.9. The van der Waals surface area contributed by atoms with Gasteiger partial charge in [0.05, 0.1) is 12.1 Å². The molecule has 0 unspecified atom stereocenters. The molecule has 0 aromatic rings. The van der Waals surface area contributed by atoms with Crippen molar-refractivity contribution < 1.29 is 9.90 Å². The number of hydrogen-bond acceptors (Lipinski definition) is 2. The number of hydrogen-bond donors (Lipinski definition) is 2. The molecule has 0 radical (unpaired) electrons. The Morgan fingerprint density at radius 3 is 2.28 bits per heavy atom. The second-order valence-corrected chi connectivity index (χ2v) is 6.51. The predicted octanol–water partition coefficient (Wildman–Crippen LogP) is 2.08. The molecule has 2 N–H and O–H groups in total. The first kappa shape index (κ1) is 15.3. The lowest BCUT2D eigenvalue weighted by Gasteiger charge is -2.27. The number of β-amino-alcohol motifs (C(OH)–C–C–N with tert-alkyl or cyclic N) is 1. The fourth-order valence-corrected chi connectivity index (χ4v) is 2.68. The highest BCUT2D eigenvalue weighted by molar-refractivity contribution is 5.74. The van der Waals surface area contributed by atoms with Crippen molar-refractivity contribution in [3.63, 3.8) is 0 Å². The zero-order valence-electron chi connectivity index (χ0n) is 12.4. The molecule has 1 rings (SSSR count). The van der Waals surface area contributed by atoms with Crippen LogP contribution in [0.5, 0.6) is 0 Å². The fraction of sp³-hybridized carbons (Fsp3) is 0.929. The summed E-state index contributed by atoms with van der Waals surface area (Å²) in [6, 6.07) is -0.0425. The van der Waals surface area contributed by atoms with E-state index in [-0.39, 0.29) is 6.03 Å². The van der Waals surface area contributed by atoms with Crippen LogP contribution in [0.15, 0.2) is 0 Å². The van der Waals surface area contributed by atoms with E-state index < -0.39 is 5.60 Å². The number of carbonyl (C=O) groups excluding carboxylic acids is 1. The third-order valence-corrected chi connectivity index (χ3v) is 3.94. The van der Waals surface area contributed by atoms with Crippen LogP contribution < -0.4 is 5.32 Å². The summed E-state index contributed by atoms with van der Waals surface area (Å²) in [5, 5.41) is 12.8. The molecule has 0 spiro atoms. The predicted molar refractivity (Wildman–Crippen MR) is 73.4 cm³/mol. The van der Waals surface area contributed by atoms with Gasteiger partial charge in [-0.3, -0.25) is 0 Å². The van der Waals surface area contributed by atoms with Crippen molar-refractivity contribution in [3.05, 3.63) is 0 Å². The van der Waals surface area contributed by atoms with Crippen LogP contribution in [0, 0.1) is 17.8 Å². The Labute approximate surface area is 111 Å². The molecule has 1 aliphatic heterocycles. The number of rotatable bonds is 4. The van der Waals surface area contributed by atoms with Gasteiger partial charge in [-0.15, -0.1) is 0 Å². The third-order valence-electron chi connectivity index (χ3n) is 3.94. The van der Waals surface area contributed by atoms with E-state index in [0.29, 0.717) is 43.8 Å². The molecule has 106 valence electrons. The van der Waals surface area contributed by atoms with Crippen molar-refractivity contribution in [2.75, 3.05) is 19.6 Å². The Morgan fingerprint density at radius 1 is 1.33 bits per heavy atom. The molecule has 1 fully saturated rings. The molecular formula is C14H28N2O2. The van der Waals surface area contributed by atoms with E-state index in [1.54, 1.807) is 11.8 Å². The van der Waals surface area contributed by atoms with E-state index in [2.05, 4.69) is 33.0 Å². The topological polar surface area (TPSA) is 52.6 Å². The molecule has 1 saturated heterocycles. The molecule has 0 aromatic carbocycles. The first-order valence-corrected chi connectivity index (χ1v) is 6.98. The Kier molecular flexibility index (Phi) is 5.02. The van der Waals surface area contributed by atoms with Crippen LogP contribution in [-0.4, -0.2) is 41.3 Å². The van der Waals surface area contributed by atoms with Crippen LogP contribution in [0.1, 0.15) is 41.0 Å². The summed E-state index contributed by atoms with van der Waals surface area (Å²) >= 11 is 0. The minimum Gasteiger partial charge on any atom is -0.388 e. The highest BCUT2D eigenvalue weighted by atomic mass is 16.3. The quantitative estimate of drug-likeness (QED) is 0.809. The number of urea groups is 1. The molecule has 4 nitrogen and oxygen atoms in total. The molecule has 0 saturated carbocycles. The number of nitrogens with one attached hydrogen (secondary N) is 1. The number of carbonyl (C=O) groups is 1. The van der Waals surface area contributed by atoms with E-state index in [0.717, 1.165) is 0 Å². The molecule has 18 heavy (non-hydrogen) atoms. The van der Waals surface area contributed by atoms with Gasteiger partial charge in [-0.1, -0.05) is 27.7 Å². The average molecular weight is 256 g/mol. The molecule has 1 aliphatic rings. The van der Waals surface area contributed by atoms with Crippen LogP contribution in [-0.2, 0) is 0 Å². The SMILES string of the molecule is CC(C)C(CNC(=O)N1CC[C@](C)(O)C1)C(C)C. The van der Waals surface area contributed by atoms with Crippen LogP contribution in [0.4, 0.5) is 4.79 Å². The maximum atomic E-state index is 12.0. The van der Waals surface area contributed by atoms with Crippen molar-refractivity contribution in [1.29, 1.82) is 0 Å². The summed E-state index contributed by atoms with van der Waals surface area (Å²) in [5.74, 6) is 1.62. The Morgan fingerprint density at radius 2 is 1.89 bits per heavy atom.